The third-order valence-corrected chi connectivity index (χ3v) is 8.46. The number of carbonyl (C=O) groups excluding carboxylic acids is 1. The summed E-state index contributed by atoms with van der Waals surface area (Å²) in [5.41, 5.74) is 5.00. The van der Waals surface area contributed by atoms with E-state index in [1.807, 2.05) is 31.5 Å². The lowest BCUT2D eigenvalue weighted by atomic mass is 9.85. The van der Waals surface area contributed by atoms with Gasteiger partial charge in [-0.25, -0.2) is 18.4 Å². The number of benzene rings is 2. The molecule has 0 radical (unpaired) electrons. The summed E-state index contributed by atoms with van der Waals surface area (Å²) >= 11 is 0. The molecule has 0 bridgehead atoms. The van der Waals surface area contributed by atoms with Crippen LogP contribution in [0.4, 0.5) is 0 Å². The normalized spacial score (nSPS) is 16.1. The van der Waals surface area contributed by atoms with Crippen molar-refractivity contribution in [3.63, 3.8) is 0 Å². The zero-order chi connectivity index (χ0) is 25.9. The highest BCUT2D eigenvalue weighted by molar-refractivity contribution is 7.91. The minimum atomic E-state index is -3.23. The van der Waals surface area contributed by atoms with Crippen molar-refractivity contribution in [1.82, 2.24) is 20.2 Å². The van der Waals surface area contributed by atoms with Gasteiger partial charge in [-0.2, -0.15) is 0 Å². The van der Waals surface area contributed by atoms with Gasteiger partial charge in [-0.15, -0.1) is 0 Å². The number of nitrogens with one attached hydrogen (secondary N) is 1. The highest BCUT2D eigenvalue weighted by Gasteiger charge is 2.30. The summed E-state index contributed by atoms with van der Waals surface area (Å²) in [5, 5.41) is 2.96. The Morgan fingerprint density at radius 2 is 1.81 bits per heavy atom. The van der Waals surface area contributed by atoms with Crippen molar-refractivity contribution >= 4 is 15.7 Å². The van der Waals surface area contributed by atoms with E-state index in [0.717, 1.165) is 29.9 Å². The lowest BCUT2D eigenvalue weighted by Gasteiger charge is -2.39. The second-order valence-electron chi connectivity index (χ2n) is 9.73. The lowest BCUT2D eigenvalue weighted by Crippen LogP contribution is -2.38. The lowest BCUT2D eigenvalue weighted by molar-refractivity contribution is 0.0950. The zero-order valence-corrected chi connectivity index (χ0v) is 22.2. The summed E-state index contributed by atoms with van der Waals surface area (Å²) in [6.07, 6.45) is 4.58. The Kier molecular flexibility index (Phi) is 7.85. The summed E-state index contributed by atoms with van der Waals surface area (Å²) < 4.78 is 24.0. The zero-order valence-electron chi connectivity index (χ0n) is 21.4. The molecule has 0 saturated carbocycles. The van der Waals surface area contributed by atoms with E-state index in [1.54, 1.807) is 31.2 Å². The SMILES string of the molecule is CCS(=O)(=O)c1ccc(CNC(=O)c2ccc3c(c2)CCN(Cc2ncc(C)cn2)[C@@H]3C(C)C)cc1. The molecule has 7 nitrogen and oxygen atoms in total. The number of rotatable bonds is 8. The molecule has 0 fully saturated rings. The van der Waals surface area contributed by atoms with E-state index in [4.69, 9.17) is 0 Å². The van der Waals surface area contributed by atoms with Crippen LogP contribution in [0.2, 0.25) is 0 Å². The van der Waals surface area contributed by atoms with Gasteiger partial charge in [0.1, 0.15) is 5.82 Å². The average molecular weight is 507 g/mol. The summed E-state index contributed by atoms with van der Waals surface area (Å²) in [5.74, 6) is 1.15. The summed E-state index contributed by atoms with van der Waals surface area (Å²) in [4.78, 5) is 24.6. The molecule has 0 unspecified atom stereocenters. The van der Waals surface area contributed by atoms with Crippen molar-refractivity contribution in [1.29, 1.82) is 0 Å². The molecule has 1 N–H and O–H groups in total. The Labute approximate surface area is 213 Å². The molecule has 8 heteroatoms. The van der Waals surface area contributed by atoms with Gasteiger partial charge < -0.3 is 5.32 Å². The number of carbonyl (C=O) groups is 1. The molecule has 190 valence electrons. The first kappa shape index (κ1) is 26.0. The van der Waals surface area contributed by atoms with Crippen molar-refractivity contribution in [3.8, 4) is 0 Å². The molecule has 1 aliphatic heterocycles. The fraction of sp³-hybridized carbons (Fsp3) is 0.393. The number of nitrogens with zero attached hydrogens (tertiary/aromatic N) is 3. The van der Waals surface area contributed by atoms with Crippen LogP contribution in [0.25, 0.3) is 0 Å². The highest BCUT2D eigenvalue weighted by Crippen LogP contribution is 2.36. The third-order valence-electron chi connectivity index (χ3n) is 6.71. The molecule has 0 saturated heterocycles. The predicted octanol–water partition coefficient (Wildman–Crippen LogP) is 4.26. The van der Waals surface area contributed by atoms with E-state index in [0.29, 0.717) is 29.5 Å². The average Bonchev–Trinajstić information content (AvgIpc) is 2.88. The minimum absolute atomic E-state index is 0.0660. The maximum atomic E-state index is 12.9. The van der Waals surface area contributed by atoms with Crippen LogP contribution in [0.3, 0.4) is 0 Å². The van der Waals surface area contributed by atoms with E-state index in [-0.39, 0.29) is 17.7 Å². The van der Waals surface area contributed by atoms with Gasteiger partial charge in [0.15, 0.2) is 9.84 Å². The molecule has 4 rings (SSSR count). The first-order valence-electron chi connectivity index (χ1n) is 12.4. The van der Waals surface area contributed by atoms with Crippen molar-refractivity contribution in [2.45, 2.75) is 58.1 Å². The fourth-order valence-electron chi connectivity index (χ4n) is 4.76. The van der Waals surface area contributed by atoms with Crippen LogP contribution in [-0.2, 0) is 29.3 Å². The molecular formula is C28H34N4O3S. The third kappa shape index (κ3) is 5.82. The van der Waals surface area contributed by atoms with Crippen LogP contribution in [-0.4, -0.2) is 41.5 Å². The second-order valence-corrected chi connectivity index (χ2v) is 12.0. The molecule has 1 aliphatic rings. The molecule has 2 heterocycles. The van der Waals surface area contributed by atoms with Crippen LogP contribution >= 0.6 is 0 Å². The van der Waals surface area contributed by atoms with Crippen LogP contribution in [0.5, 0.6) is 0 Å². The Bertz CT molecular complexity index is 1320. The second kappa shape index (κ2) is 10.9. The topological polar surface area (TPSA) is 92.3 Å². The number of sulfone groups is 1. The van der Waals surface area contributed by atoms with Gasteiger partial charge in [-0.05, 0) is 65.8 Å². The van der Waals surface area contributed by atoms with E-state index >= 15 is 0 Å². The Morgan fingerprint density at radius 3 is 2.44 bits per heavy atom. The number of fused-ring (bicyclic) bond motifs is 1. The van der Waals surface area contributed by atoms with Gasteiger partial charge in [0.25, 0.3) is 5.91 Å². The van der Waals surface area contributed by atoms with E-state index in [2.05, 4.69) is 40.1 Å². The predicted molar refractivity (Wildman–Crippen MR) is 140 cm³/mol. The van der Waals surface area contributed by atoms with Crippen molar-refractivity contribution in [2.24, 2.45) is 5.92 Å². The van der Waals surface area contributed by atoms with Crippen molar-refractivity contribution < 1.29 is 13.2 Å². The molecule has 36 heavy (non-hydrogen) atoms. The first-order valence-corrected chi connectivity index (χ1v) is 14.1. The summed E-state index contributed by atoms with van der Waals surface area (Å²) in [7, 11) is -3.23. The van der Waals surface area contributed by atoms with Gasteiger partial charge >= 0.3 is 0 Å². The number of hydrogen-bond acceptors (Lipinski definition) is 6. The van der Waals surface area contributed by atoms with Gasteiger partial charge in [-0.1, -0.05) is 39.0 Å². The molecule has 1 aromatic heterocycles. The van der Waals surface area contributed by atoms with Gasteiger partial charge in [0, 0.05) is 37.1 Å². The van der Waals surface area contributed by atoms with Crippen LogP contribution < -0.4 is 5.32 Å². The Hall–Kier alpha value is -3.10. The Balaban J connectivity index is 1.45. The standard InChI is InChI=1S/C28H34N4O3S/c1-5-36(34,35)24-9-6-21(7-10-24)17-31-28(33)23-8-11-25-22(14-23)12-13-32(27(25)19(2)3)18-26-29-15-20(4)16-30-26/h6-11,14-16,19,27H,5,12-13,17-18H2,1-4H3,(H,31,33)/t27-/m1/s1. The van der Waals surface area contributed by atoms with Crippen LogP contribution in [0.15, 0.2) is 59.8 Å². The molecule has 0 aliphatic carbocycles. The van der Waals surface area contributed by atoms with Crippen molar-refractivity contribution in [3.05, 3.63) is 88.5 Å². The maximum Gasteiger partial charge on any atom is 0.251 e. The molecule has 2 aromatic carbocycles. The number of hydrogen-bond donors (Lipinski definition) is 1. The Morgan fingerprint density at radius 1 is 1.11 bits per heavy atom. The first-order chi connectivity index (χ1) is 17.2. The van der Waals surface area contributed by atoms with Crippen LogP contribution in [0.1, 0.15) is 65.2 Å². The molecule has 3 aromatic rings. The maximum absolute atomic E-state index is 12.9. The molecule has 1 amide bonds. The number of amides is 1. The minimum Gasteiger partial charge on any atom is -0.348 e. The fourth-order valence-corrected chi connectivity index (χ4v) is 5.64. The van der Waals surface area contributed by atoms with E-state index in [1.165, 1.54) is 11.1 Å². The van der Waals surface area contributed by atoms with Gasteiger partial charge in [0.2, 0.25) is 0 Å². The van der Waals surface area contributed by atoms with E-state index in [9.17, 15) is 13.2 Å². The number of aryl methyl sites for hydroxylation is 1. The molecule has 0 spiro atoms. The number of aromatic nitrogens is 2. The summed E-state index contributed by atoms with van der Waals surface area (Å²) in [6.45, 7) is 9.97. The van der Waals surface area contributed by atoms with E-state index < -0.39 is 9.84 Å². The van der Waals surface area contributed by atoms with Gasteiger partial charge in [-0.3, -0.25) is 9.69 Å². The summed E-state index contributed by atoms with van der Waals surface area (Å²) in [6, 6.07) is 12.9. The largest absolute Gasteiger partial charge is 0.348 e. The smallest absolute Gasteiger partial charge is 0.251 e. The monoisotopic (exact) mass is 506 g/mol. The molecular weight excluding hydrogens is 472 g/mol. The quantitative estimate of drug-likeness (QED) is 0.491. The van der Waals surface area contributed by atoms with Crippen LogP contribution in [0, 0.1) is 12.8 Å². The molecule has 1 atom stereocenters. The van der Waals surface area contributed by atoms with Crippen molar-refractivity contribution in [2.75, 3.05) is 12.3 Å². The van der Waals surface area contributed by atoms with Gasteiger partial charge in [0.05, 0.1) is 17.2 Å². The highest BCUT2D eigenvalue weighted by atomic mass is 32.2.